The van der Waals surface area contributed by atoms with E-state index in [-0.39, 0.29) is 35.7 Å². The van der Waals surface area contributed by atoms with Gasteiger partial charge in [-0.3, -0.25) is 14.4 Å². The molecule has 3 unspecified atom stereocenters. The Kier molecular flexibility index (Phi) is 11.5. The van der Waals surface area contributed by atoms with Gasteiger partial charge in [0.15, 0.2) is 5.78 Å². The molecule has 0 aromatic heterocycles. The van der Waals surface area contributed by atoms with Gasteiger partial charge in [-0.25, -0.2) is 0 Å². The lowest BCUT2D eigenvalue weighted by atomic mass is 9.90. The molecule has 1 aliphatic rings. The molecular weight excluding hydrogens is 356 g/mol. The summed E-state index contributed by atoms with van der Waals surface area (Å²) in [7, 11) is 1.39. The molecule has 5 heteroatoms. The topological polar surface area (TPSA) is 69.7 Å². The van der Waals surface area contributed by atoms with Crippen molar-refractivity contribution in [3.63, 3.8) is 0 Å². The van der Waals surface area contributed by atoms with Crippen LogP contribution in [-0.4, -0.2) is 30.9 Å². The van der Waals surface area contributed by atoms with Crippen molar-refractivity contribution in [1.29, 1.82) is 0 Å². The number of carbonyl (C=O) groups is 3. The highest BCUT2D eigenvalue weighted by molar-refractivity contribution is 5.95. The number of esters is 2. The number of ketones is 1. The van der Waals surface area contributed by atoms with Crippen LogP contribution < -0.4 is 0 Å². The maximum atomic E-state index is 12.2. The Balaban J connectivity index is 2.56. The number of ether oxygens (including phenoxy) is 2. The number of allylic oxidation sites excluding steroid dienone is 6. The summed E-state index contributed by atoms with van der Waals surface area (Å²) >= 11 is 0. The molecule has 0 aliphatic heterocycles. The molecule has 0 fully saturated rings. The maximum Gasteiger partial charge on any atom is 0.305 e. The van der Waals surface area contributed by atoms with Gasteiger partial charge in [0.05, 0.1) is 7.11 Å². The molecule has 28 heavy (non-hydrogen) atoms. The van der Waals surface area contributed by atoms with Crippen molar-refractivity contribution in [3.05, 3.63) is 48.6 Å². The predicted octanol–water partition coefficient (Wildman–Crippen LogP) is 4.49. The second kappa shape index (κ2) is 13.7. The van der Waals surface area contributed by atoms with E-state index >= 15 is 0 Å². The van der Waals surface area contributed by atoms with Crippen molar-refractivity contribution < 1.29 is 23.9 Å². The van der Waals surface area contributed by atoms with Crippen LogP contribution in [0.5, 0.6) is 0 Å². The molecule has 1 aliphatic carbocycles. The summed E-state index contributed by atoms with van der Waals surface area (Å²) < 4.78 is 9.94. The van der Waals surface area contributed by atoms with Crippen molar-refractivity contribution in [2.75, 3.05) is 7.11 Å². The lowest BCUT2D eigenvalue weighted by Crippen LogP contribution is -2.16. The van der Waals surface area contributed by atoms with E-state index in [9.17, 15) is 14.4 Å². The molecule has 0 amide bonds. The minimum Gasteiger partial charge on any atom is -0.469 e. The van der Waals surface area contributed by atoms with Crippen LogP contribution in [0.25, 0.3) is 0 Å². The molecule has 0 aromatic carbocycles. The van der Waals surface area contributed by atoms with E-state index < -0.39 is 0 Å². The van der Waals surface area contributed by atoms with Crippen molar-refractivity contribution in [2.45, 2.75) is 58.5 Å². The second-order valence-corrected chi connectivity index (χ2v) is 6.77. The van der Waals surface area contributed by atoms with E-state index in [0.29, 0.717) is 19.3 Å². The Morgan fingerprint density at radius 3 is 2.68 bits per heavy atom. The summed E-state index contributed by atoms with van der Waals surface area (Å²) in [5.74, 6) is -0.532. The molecule has 0 aromatic rings. The Bertz CT molecular complexity index is 627. The molecule has 1 rings (SSSR count). The lowest BCUT2D eigenvalue weighted by Gasteiger charge is -2.15. The maximum absolute atomic E-state index is 12.2. The zero-order valence-corrected chi connectivity index (χ0v) is 17.1. The van der Waals surface area contributed by atoms with Crippen LogP contribution in [0.3, 0.4) is 0 Å². The molecule has 0 radical (unpaired) electrons. The predicted molar refractivity (Wildman–Crippen MR) is 109 cm³/mol. The quantitative estimate of drug-likeness (QED) is 0.280. The second-order valence-electron chi connectivity index (χ2n) is 6.77. The van der Waals surface area contributed by atoms with E-state index in [0.717, 1.165) is 19.3 Å². The summed E-state index contributed by atoms with van der Waals surface area (Å²) in [6.45, 7) is 3.45. The van der Waals surface area contributed by atoms with Gasteiger partial charge in [0.2, 0.25) is 0 Å². The fourth-order valence-electron chi connectivity index (χ4n) is 2.98. The van der Waals surface area contributed by atoms with Gasteiger partial charge in [0.25, 0.3) is 0 Å². The van der Waals surface area contributed by atoms with Crippen molar-refractivity contribution in [1.82, 2.24) is 0 Å². The molecule has 0 spiro atoms. The Labute approximate surface area is 168 Å². The van der Waals surface area contributed by atoms with E-state index in [1.165, 1.54) is 14.0 Å². The van der Waals surface area contributed by atoms with E-state index in [4.69, 9.17) is 4.74 Å². The zero-order valence-electron chi connectivity index (χ0n) is 17.1. The molecule has 0 saturated carbocycles. The van der Waals surface area contributed by atoms with Gasteiger partial charge in [0, 0.05) is 31.6 Å². The first kappa shape index (κ1) is 23.6. The van der Waals surface area contributed by atoms with E-state index in [1.54, 1.807) is 6.08 Å². The standard InChI is InChI=1S/C23H32O5/c1-4-5-8-11-20(28-18(2)24)16-14-19-15-17-22(25)21(19)12-9-6-7-10-13-23(26)27-3/h5-6,8-9,14-17,19-21H,4,7,10-13H2,1-3H3. The van der Waals surface area contributed by atoms with Gasteiger partial charge in [-0.1, -0.05) is 43.4 Å². The SMILES string of the molecule is CCC=CCC(C=CC1C=CC(=O)C1CC=CCCCC(=O)OC)OC(C)=O. The number of hydrogen-bond donors (Lipinski definition) is 0. The van der Waals surface area contributed by atoms with Crippen molar-refractivity contribution >= 4 is 17.7 Å². The Morgan fingerprint density at radius 1 is 1.21 bits per heavy atom. The zero-order chi connectivity index (χ0) is 20.8. The molecule has 0 bridgehead atoms. The molecule has 3 atom stereocenters. The Morgan fingerprint density at radius 2 is 2.00 bits per heavy atom. The lowest BCUT2D eigenvalue weighted by molar-refractivity contribution is -0.144. The Hall–Kier alpha value is -2.43. The van der Waals surface area contributed by atoms with Crippen molar-refractivity contribution in [3.8, 4) is 0 Å². The van der Waals surface area contributed by atoms with Gasteiger partial charge in [-0.15, -0.1) is 0 Å². The highest BCUT2D eigenvalue weighted by Gasteiger charge is 2.27. The third-order valence-electron chi connectivity index (χ3n) is 4.48. The van der Waals surface area contributed by atoms with Crippen LogP contribution >= 0.6 is 0 Å². The number of unbranched alkanes of at least 4 members (excludes halogenated alkanes) is 1. The summed E-state index contributed by atoms with van der Waals surface area (Å²) in [4.78, 5) is 34.5. The van der Waals surface area contributed by atoms with Crippen LogP contribution in [0, 0.1) is 11.8 Å². The van der Waals surface area contributed by atoms with Gasteiger partial charge >= 0.3 is 11.9 Å². The largest absolute Gasteiger partial charge is 0.469 e. The summed E-state index contributed by atoms with van der Waals surface area (Å²) in [5.41, 5.74) is 0. The van der Waals surface area contributed by atoms with Gasteiger partial charge in [-0.05, 0) is 37.8 Å². The first-order valence-electron chi connectivity index (χ1n) is 9.92. The fourth-order valence-corrected chi connectivity index (χ4v) is 2.98. The van der Waals surface area contributed by atoms with Crippen molar-refractivity contribution in [2.24, 2.45) is 11.8 Å². The summed E-state index contributed by atoms with van der Waals surface area (Å²) in [6.07, 6.45) is 19.2. The highest BCUT2D eigenvalue weighted by Crippen LogP contribution is 2.27. The average Bonchev–Trinajstić information content (AvgIpc) is 3.01. The molecule has 5 nitrogen and oxygen atoms in total. The summed E-state index contributed by atoms with van der Waals surface area (Å²) in [6, 6.07) is 0. The van der Waals surface area contributed by atoms with Gasteiger partial charge in [0.1, 0.15) is 6.10 Å². The average molecular weight is 389 g/mol. The van der Waals surface area contributed by atoms with Crippen LogP contribution in [-0.2, 0) is 23.9 Å². The van der Waals surface area contributed by atoms with Gasteiger partial charge in [-0.2, -0.15) is 0 Å². The number of methoxy groups -OCH3 is 1. The summed E-state index contributed by atoms with van der Waals surface area (Å²) in [5, 5.41) is 0. The third-order valence-corrected chi connectivity index (χ3v) is 4.48. The monoisotopic (exact) mass is 388 g/mol. The molecule has 0 heterocycles. The van der Waals surface area contributed by atoms with E-state index in [1.807, 2.05) is 42.5 Å². The smallest absolute Gasteiger partial charge is 0.305 e. The number of rotatable bonds is 12. The highest BCUT2D eigenvalue weighted by atomic mass is 16.5. The van der Waals surface area contributed by atoms with Crippen LogP contribution in [0.15, 0.2) is 48.6 Å². The fraction of sp³-hybridized carbons (Fsp3) is 0.522. The minimum atomic E-state index is -0.320. The van der Waals surface area contributed by atoms with E-state index in [2.05, 4.69) is 11.7 Å². The molecule has 154 valence electrons. The molecule has 0 saturated heterocycles. The first-order chi connectivity index (χ1) is 13.5. The van der Waals surface area contributed by atoms with Gasteiger partial charge < -0.3 is 9.47 Å². The first-order valence-corrected chi connectivity index (χ1v) is 9.92. The number of hydrogen-bond acceptors (Lipinski definition) is 5. The van der Waals surface area contributed by atoms with Crippen LogP contribution in [0.1, 0.15) is 52.4 Å². The third kappa shape index (κ3) is 9.49. The normalized spacial score (nSPS) is 20.5. The van der Waals surface area contributed by atoms with Crippen LogP contribution in [0.4, 0.5) is 0 Å². The molecule has 0 N–H and O–H groups in total. The number of carbonyl (C=O) groups excluding carboxylic acids is 3. The molecular formula is C23H32O5. The minimum absolute atomic E-state index is 0.000400. The van der Waals surface area contributed by atoms with Crippen LogP contribution in [0.2, 0.25) is 0 Å².